The molecular formula is C22H16ClF3N6O4. The fourth-order valence-electron chi connectivity index (χ4n) is 3.40. The van der Waals surface area contributed by atoms with Crippen LogP contribution < -0.4 is 10.9 Å². The monoisotopic (exact) mass is 520 g/mol. The first kappa shape index (κ1) is 24.9. The molecule has 3 aromatic heterocycles. The number of halogens is 4. The summed E-state index contributed by atoms with van der Waals surface area (Å²) in [6.07, 6.45) is -3.48. The fraction of sp³-hybridized carbons (Fsp3) is 0.182. The highest BCUT2D eigenvalue weighted by Gasteiger charge is 2.36. The molecule has 10 nitrogen and oxygen atoms in total. The van der Waals surface area contributed by atoms with Crippen molar-refractivity contribution in [2.75, 3.05) is 14.2 Å². The molecule has 0 fully saturated rings. The fourth-order valence-corrected chi connectivity index (χ4v) is 3.60. The molecule has 3 heterocycles. The number of benzene rings is 1. The van der Waals surface area contributed by atoms with Gasteiger partial charge in [-0.05, 0) is 36.8 Å². The Morgan fingerprint density at radius 3 is 2.67 bits per heavy atom. The number of pyridine rings is 1. The number of nitrogens with one attached hydrogen (secondary N) is 1. The van der Waals surface area contributed by atoms with Crippen molar-refractivity contribution in [2.24, 2.45) is 5.16 Å². The standard InChI is InChI=1S/C22H16ClF3N6O4/c1-10-7-11(17(31-35-3)19(33)27-2)8-12-16(10)29-20(36-21(12)34)14-9-15(22(24,25)26)30-32(14)18-13(23)5-4-6-28-18/h4-9H,1-3H3,(H,27,33). The molecule has 0 aliphatic rings. The average Bonchev–Trinajstić information content (AvgIpc) is 3.28. The van der Waals surface area contributed by atoms with E-state index >= 15 is 0 Å². The number of fused-ring (bicyclic) bond motifs is 1. The first-order valence-corrected chi connectivity index (χ1v) is 10.5. The summed E-state index contributed by atoms with van der Waals surface area (Å²) in [5, 5.41) is 9.68. The van der Waals surface area contributed by atoms with Crippen LogP contribution in [0.2, 0.25) is 5.02 Å². The lowest BCUT2D eigenvalue weighted by Crippen LogP contribution is -2.28. The van der Waals surface area contributed by atoms with Gasteiger partial charge in [-0.15, -0.1) is 0 Å². The van der Waals surface area contributed by atoms with E-state index in [1.165, 1.54) is 44.6 Å². The summed E-state index contributed by atoms with van der Waals surface area (Å²) in [6, 6.07) is 6.45. The second-order valence-electron chi connectivity index (χ2n) is 7.33. The van der Waals surface area contributed by atoms with E-state index in [0.717, 1.165) is 4.68 Å². The lowest BCUT2D eigenvalue weighted by atomic mass is 10.0. The van der Waals surface area contributed by atoms with E-state index in [9.17, 15) is 22.8 Å². The van der Waals surface area contributed by atoms with E-state index < -0.39 is 29.3 Å². The van der Waals surface area contributed by atoms with Gasteiger partial charge in [0.25, 0.3) is 5.91 Å². The Kier molecular flexibility index (Phi) is 6.50. The van der Waals surface area contributed by atoms with Crippen molar-refractivity contribution in [3.63, 3.8) is 0 Å². The van der Waals surface area contributed by atoms with Crippen molar-refractivity contribution in [3.05, 3.63) is 68.8 Å². The predicted molar refractivity (Wildman–Crippen MR) is 123 cm³/mol. The van der Waals surface area contributed by atoms with Gasteiger partial charge in [-0.3, -0.25) is 4.79 Å². The van der Waals surface area contributed by atoms with E-state index in [2.05, 4.69) is 25.5 Å². The van der Waals surface area contributed by atoms with E-state index in [1.807, 2.05) is 0 Å². The molecule has 0 bridgehead atoms. The van der Waals surface area contributed by atoms with Gasteiger partial charge < -0.3 is 14.6 Å². The van der Waals surface area contributed by atoms with Crippen molar-refractivity contribution < 1.29 is 27.2 Å². The zero-order valence-electron chi connectivity index (χ0n) is 18.8. The highest BCUT2D eigenvalue weighted by Crippen LogP contribution is 2.34. The third kappa shape index (κ3) is 4.52. The van der Waals surface area contributed by atoms with Gasteiger partial charge in [0.1, 0.15) is 12.8 Å². The molecule has 0 aliphatic heterocycles. The summed E-state index contributed by atoms with van der Waals surface area (Å²) in [6.45, 7) is 1.60. The molecule has 0 radical (unpaired) electrons. The third-order valence-corrected chi connectivity index (χ3v) is 5.27. The van der Waals surface area contributed by atoms with E-state index in [0.29, 0.717) is 11.6 Å². The van der Waals surface area contributed by atoms with Gasteiger partial charge >= 0.3 is 11.8 Å². The average molecular weight is 521 g/mol. The number of alkyl halides is 3. The maximum absolute atomic E-state index is 13.5. The lowest BCUT2D eigenvalue weighted by molar-refractivity contribution is -0.141. The van der Waals surface area contributed by atoms with Gasteiger partial charge in [0, 0.05) is 24.9 Å². The maximum atomic E-state index is 13.5. The Morgan fingerprint density at radius 2 is 2.03 bits per heavy atom. The van der Waals surface area contributed by atoms with Gasteiger partial charge in [0.2, 0.25) is 5.89 Å². The molecule has 0 saturated heterocycles. The van der Waals surface area contributed by atoms with Crippen molar-refractivity contribution in [2.45, 2.75) is 13.1 Å². The molecule has 0 spiro atoms. The first-order chi connectivity index (χ1) is 17.0. The molecule has 0 unspecified atom stereocenters. The number of likely N-dealkylation sites (N-methyl/N-ethyl adjacent to an activating group) is 1. The molecule has 4 aromatic rings. The Bertz CT molecular complexity index is 1580. The zero-order valence-corrected chi connectivity index (χ0v) is 19.6. The largest absolute Gasteiger partial charge is 0.435 e. The second-order valence-corrected chi connectivity index (χ2v) is 7.74. The number of carbonyl (C=O) groups excluding carboxylic acids is 1. The topological polar surface area (TPSA) is 124 Å². The number of carbonyl (C=O) groups is 1. The number of rotatable bonds is 5. The van der Waals surface area contributed by atoms with Crippen LogP contribution >= 0.6 is 11.6 Å². The van der Waals surface area contributed by atoms with E-state index in [-0.39, 0.29) is 38.7 Å². The summed E-state index contributed by atoms with van der Waals surface area (Å²) in [5.41, 5.74) is -1.78. The van der Waals surface area contributed by atoms with Gasteiger partial charge in [-0.25, -0.2) is 19.4 Å². The molecule has 36 heavy (non-hydrogen) atoms. The molecule has 0 atom stereocenters. The number of nitrogens with zero attached hydrogens (tertiary/aromatic N) is 5. The summed E-state index contributed by atoms with van der Waals surface area (Å²) in [5.74, 6) is -1.13. The smallest absolute Gasteiger partial charge is 0.401 e. The number of aromatic nitrogens is 4. The van der Waals surface area contributed by atoms with Crippen LogP contribution in [-0.4, -0.2) is 45.5 Å². The van der Waals surface area contributed by atoms with Crippen LogP contribution in [0, 0.1) is 6.92 Å². The zero-order chi connectivity index (χ0) is 26.2. The van der Waals surface area contributed by atoms with Crippen molar-refractivity contribution in [1.82, 2.24) is 25.1 Å². The minimum atomic E-state index is -4.81. The molecule has 1 N–H and O–H groups in total. The minimum absolute atomic E-state index is 0.0127. The molecule has 14 heteroatoms. The molecular weight excluding hydrogens is 505 g/mol. The minimum Gasteiger partial charge on any atom is -0.401 e. The highest BCUT2D eigenvalue weighted by atomic mass is 35.5. The van der Waals surface area contributed by atoms with Crippen molar-refractivity contribution >= 4 is 34.1 Å². The second kappa shape index (κ2) is 9.41. The molecule has 0 aliphatic carbocycles. The van der Waals surface area contributed by atoms with Crippen LogP contribution in [0.5, 0.6) is 0 Å². The molecule has 4 rings (SSSR count). The predicted octanol–water partition coefficient (Wildman–Crippen LogP) is 3.51. The SMILES string of the molecule is CNC(=O)C(=NOC)c1cc(C)c2nc(-c3cc(C(F)(F)F)nn3-c3ncccc3Cl)oc(=O)c2c1. The van der Waals surface area contributed by atoms with Gasteiger partial charge in [-0.2, -0.15) is 18.3 Å². The highest BCUT2D eigenvalue weighted by molar-refractivity contribution is 6.45. The molecule has 1 amide bonds. The Labute approximate surface area is 205 Å². The first-order valence-electron chi connectivity index (χ1n) is 10.1. The summed E-state index contributed by atoms with van der Waals surface area (Å²) < 4.78 is 46.6. The summed E-state index contributed by atoms with van der Waals surface area (Å²) in [4.78, 5) is 38.2. The maximum Gasteiger partial charge on any atom is 0.435 e. The summed E-state index contributed by atoms with van der Waals surface area (Å²) >= 11 is 6.13. The quantitative estimate of drug-likeness (QED) is 0.315. The molecule has 0 saturated carbocycles. The van der Waals surface area contributed by atoms with Crippen molar-refractivity contribution in [3.8, 4) is 17.4 Å². The van der Waals surface area contributed by atoms with Crippen LogP contribution in [0.25, 0.3) is 28.3 Å². The van der Waals surface area contributed by atoms with Gasteiger partial charge in [0.05, 0.1) is 15.9 Å². The summed E-state index contributed by atoms with van der Waals surface area (Å²) in [7, 11) is 2.65. The lowest BCUT2D eigenvalue weighted by Gasteiger charge is -2.10. The normalized spacial score (nSPS) is 12.1. The Morgan fingerprint density at radius 1 is 1.28 bits per heavy atom. The number of oxime groups is 1. The van der Waals surface area contributed by atoms with E-state index in [1.54, 1.807) is 6.92 Å². The number of aryl methyl sites for hydroxylation is 1. The van der Waals surface area contributed by atoms with Crippen LogP contribution in [0.4, 0.5) is 13.2 Å². The van der Waals surface area contributed by atoms with Crippen molar-refractivity contribution in [1.29, 1.82) is 0 Å². The van der Waals surface area contributed by atoms with Crippen LogP contribution in [0.1, 0.15) is 16.8 Å². The number of hydrogen-bond donors (Lipinski definition) is 1. The van der Waals surface area contributed by atoms with Crippen LogP contribution in [0.15, 0.2) is 50.9 Å². The third-order valence-electron chi connectivity index (χ3n) is 4.98. The van der Waals surface area contributed by atoms with Crippen LogP contribution in [-0.2, 0) is 15.8 Å². The number of amides is 1. The van der Waals surface area contributed by atoms with E-state index in [4.69, 9.17) is 20.9 Å². The van der Waals surface area contributed by atoms with Gasteiger partial charge in [-0.1, -0.05) is 16.8 Å². The molecule has 1 aromatic carbocycles. The Balaban J connectivity index is 1.96. The number of hydrogen-bond acceptors (Lipinski definition) is 8. The Hall–Kier alpha value is -4.26. The molecule has 186 valence electrons. The van der Waals surface area contributed by atoms with Crippen LogP contribution in [0.3, 0.4) is 0 Å². The van der Waals surface area contributed by atoms with Gasteiger partial charge in [0.15, 0.2) is 17.2 Å².